The van der Waals surface area contributed by atoms with Crippen LogP contribution >= 0.6 is 0 Å². The van der Waals surface area contributed by atoms with Gasteiger partial charge in [-0.3, -0.25) is 4.79 Å². The van der Waals surface area contributed by atoms with Crippen molar-refractivity contribution in [3.05, 3.63) is 71.5 Å². The maximum Gasteiger partial charge on any atom is 0.264 e. The van der Waals surface area contributed by atoms with E-state index in [2.05, 4.69) is 17.4 Å². The van der Waals surface area contributed by atoms with E-state index >= 15 is 0 Å². The normalized spacial score (nSPS) is 17.5. The lowest BCUT2D eigenvalue weighted by atomic mass is 10.0. The van der Waals surface area contributed by atoms with Crippen LogP contribution in [0.4, 0.5) is 4.39 Å². The highest BCUT2D eigenvalue weighted by atomic mass is 19.1. The molecule has 5 heteroatoms. The number of nitrogens with one attached hydrogen (secondary N) is 1. The lowest BCUT2D eigenvalue weighted by Gasteiger charge is -2.14. The van der Waals surface area contributed by atoms with E-state index in [0.717, 1.165) is 11.3 Å². The Balaban J connectivity index is 1.46. The fourth-order valence-electron chi connectivity index (χ4n) is 2.78. The van der Waals surface area contributed by atoms with Gasteiger partial charge in [0.25, 0.3) is 5.91 Å². The van der Waals surface area contributed by atoms with Gasteiger partial charge in [-0.15, -0.1) is 0 Å². The number of halogens is 1. The van der Waals surface area contributed by atoms with Gasteiger partial charge in [0, 0.05) is 19.4 Å². The van der Waals surface area contributed by atoms with Gasteiger partial charge >= 0.3 is 0 Å². The van der Waals surface area contributed by atoms with Gasteiger partial charge < -0.3 is 10.2 Å². The maximum absolute atomic E-state index is 12.9. The molecule has 0 spiro atoms. The molecule has 0 fully saturated rings. The molecule has 0 unspecified atom stereocenters. The monoisotopic (exact) mass is 340 g/mol. The summed E-state index contributed by atoms with van der Waals surface area (Å²) in [5, 5.41) is 6.93. The first-order valence-corrected chi connectivity index (χ1v) is 8.40. The van der Waals surface area contributed by atoms with Crippen molar-refractivity contribution < 1.29 is 14.0 Å². The first-order chi connectivity index (χ1) is 12.1. The molecule has 0 bridgehead atoms. The van der Waals surface area contributed by atoms with E-state index in [9.17, 15) is 9.18 Å². The Morgan fingerprint density at radius 1 is 1.24 bits per heavy atom. The van der Waals surface area contributed by atoms with Crippen LogP contribution in [0.3, 0.4) is 0 Å². The number of hydrogen-bond acceptors (Lipinski definition) is 3. The highest BCUT2D eigenvalue weighted by molar-refractivity contribution is 5.93. The first kappa shape index (κ1) is 17.1. The van der Waals surface area contributed by atoms with E-state index in [-0.39, 0.29) is 17.6 Å². The van der Waals surface area contributed by atoms with Gasteiger partial charge in [-0.1, -0.05) is 54.5 Å². The molecular formula is C20H21FN2O2. The minimum absolute atomic E-state index is 0.152. The van der Waals surface area contributed by atoms with Gasteiger partial charge in [0.2, 0.25) is 6.10 Å². The van der Waals surface area contributed by atoms with Crippen LogP contribution < -0.4 is 5.32 Å². The predicted octanol–water partition coefficient (Wildman–Crippen LogP) is 3.43. The number of oxime groups is 1. The highest BCUT2D eigenvalue weighted by Gasteiger charge is 2.28. The van der Waals surface area contributed by atoms with Crippen LogP contribution in [0.15, 0.2) is 59.8 Å². The number of carbonyl (C=O) groups is 1. The number of rotatable bonds is 6. The molecule has 1 aliphatic heterocycles. The SMILES string of the molecule is C[C@@H](CNC(=O)[C@H]1CC(Cc2ccc(F)cc2)=NO1)c1ccccc1. The molecule has 25 heavy (non-hydrogen) atoms. The Morgan fingerprint density at radius 2 is 1.96 bits per heavy atom. The Bertz CT molecular complexity index is 744. The van der Waals surface area contributed by atoms with E-state index < -0.39 is 6.10 Å². The smallest absolute Gasteiger partial charge is 0.264 e. The standard InChI is InChI=1S/C20H21FN2O2/c1-14(16-5-3-2-4-6-16)13-22-20(24)19-12-18(23-25-19)11-15-7-9-17(21)10-8-15/h2-10,14,19H,11-13H2,1H3,(H,22,24)/t14-,19+/m0/s1. The molecule has 1 aliphatic rings. The van der Waals surface area contributed by atoms with Crippen molar-refractivity contribution in [1.29, 1.82) is 0 Å². The van der Waals surface area contributed by atoms with Crippen molar-refractivity contribution in [2.24, 2.45) is 5.16 Å². The molecule has 1 N–H and O–H groups in total. The molecule has 1 heterocycles. The summed E-state index contributed by atoms with van der Waals surface area (Å²) in [5.74, 6) is -0.190. The molecule has 0 saturated heterocycles. The second-order valence-electron chi connectivity index (χ2n) is 6.32. The van der Waals surface area contributed by atoms with Gasteiger partial charge in [0.1, 0.15) is 5.82 Å². The summed E-state index contributed by atoms with van der Waals surface area (Å²) in [7, 11) is 0. The topological polar surface area (TPSA) is 50.7 Å². The summed E-state index contributed by atoms with van der Waals surface area (Å²) in [5.41, 5.74) is 2.92. The van der Waals surface area contributed by atoms with Crippen molar-refractivity contribution in [3.8, 4) is 0 Å². The van der Waals surface area contributed by atoms with Crippen LogP contribution in [-0.2, 0) is 16.1 Å². The predicted molar refractivity (Wildman–Crippen MR) is 94.9 cm³/mol. The van der Waals surface area contributed by atoms with E-state index in [4.69, 9.17) is 4.84 Å². The lowest BCUT2D eigenvalue weighted by Crippen LogP contribution is -2.36. The summed E-state index contributed by atoms with van der Waals surface area (Å²) < 4.78 is 12.9. The van der Waals surface area contributed by atoms with Crippen molar-refractivity contribution in [3.63, 3.8) is 0 Å². The van der Waals surface area contributed by atoms with E-state index in [1.165, 1.54) is 17.7 Å². The summed E-state index contributed by atoms with van der Waals surface area (Å²) in [6, 6.07) is 16.3. The molecule has 0 radical (unpaired) electrons. The fourth-order valence-corrected chi connectivity index (χ4v) is 2.78. The second-order valence-corrected chi connectivity index (χ2v) is 6.32. The van der Waals surface area contributed by atoms with Crippen molar-refractivity contribution in [2.75, 3.05) is 6.54 Å². The van der Waals surface area contributed by atoms with E-state index in [1.807, 2.05) is 30.3 Å². The van der Waals surface area contributed by atoms with Crippen LogP contribution in [0.1, 0.15) is 30.4 Å². The zero-order valence-corrected chi connectivity index (χ0v) is 14.1. The summed E-state index contributed by atoms with van der Waals surface area (Å²) >= 11 is 0. The van der Waals surface area contributed by atoms with Crippen LogP contribution in [-0.4, -0.2) is 24.3 Å². The largest absolute Gasteiger partial charge is 0.382 e. The minimum Gasteiger partial charge on any atom is -0.382 e. The van der Waals surface area contributed by atoms with Crippen LogP contribution in [0, 0.1) is 5.82 Å². The molecule has 130 valence electrons. The zero-order valence-electron chi connectivity index (χ0n) is 14.1. The molecule has 0 aliphatic carbocycles. The van der Waals surface area contributed by atoms with Crippen molar-refractivity contribution in [2.45, 2.75) is 31.8 Å². The third kappa shape index (κ3) is 4.66. The molecule has 2 aromatic carbocycles. The van der Waals surface area contributed by atoms with Gasteiger partial charge in [-0.25, -0.2) is 4.39 Å². The van der Waals surface area contributed by atoms with Crippen molar-refractivity contribution >= 4 is 11.6 Å². The van der Waals surface area contributed by atoms with Crippen LogP contribution in [0.2, 0.25) is 0 Å². The Morgan fingerprint density at radius 3 is 2.68 bits per heavy atom. The Labute approximate surface area is 146 Å². The highest BCUT2D eigenvalue weighted by Crippen LogP contribution is 2.16. The molecule has 0 aromatic heterocycles. The van der Waals surface area contributed by atoms with Crippen LogP contribution in [0.5, 0.6) is 0 Å². The average molecular weight is 340 g/mol. The molecule has 2 aromatic rings. The number of nitrogens with zero attached hydrogens (tertiary/aromatic N) is 1. The molecular weight excluding hydrogens is 319 g/mol. The van der Waals surface area contributed by atoms with Crippen molar-refractivity contribution in [1.82, 2.24) is 5.32 Å². The number of amides is 1. The number of benzene rings is 2. The third-order valence-electron chi connectivity index (χ3n) is 4.30. The van der Waals surface area contributed by atoms with Crippen LogP contribution in [0.25, 0.3) is 0 Å². The zero-order chi connectivity index (χ0) is 17.6. The van der Waals surface area contributed by atoms with E-state index in [0.29, 0.717) is 19.4 Å². The minimum atomic E-state index is -0.585. The average Bonchev–Trinajstić information content (AvgIpc) is 3.10. The lowest BCUT2D eigenvalue weighted by molar-refractivity contribution is -0.131. The fraction of sp³-hybridized carbons (Fsp3) is 0.300. The summed E-state index contributed by atoms with van der Waals surface area (Å²) in [6.07, 6.45) is 0.436. The molecule has 0 saturated carbocycles. The van der Waals surface area contributed by atoms with Gasteiger partial charge in [-0.2, -0.15) is 0 Å². The number of carbonyl (C=O) groups excluding carboxylic acids is 1. The molecule has 2 atom stereocenters. The van der Waals surface area contributed by atoms with Gasteiger partial charge in [0.15, 0.2) is 0 Å². The quantitative estimate of drug-likeness (QED) is 0.876. The molecule has 4 nitrogen and oxygen atoms in total. The second kappa shape index (κ2) is 7.92. The Kier molecular flexibility index (Phi) is 5.43. The first-order valence-electron chi connectivity index (χ1n) is 8.40. The Hall–Kier alpha value is -2.69. The maximum atomic E-state index is 12.9. The molecule has 3 rings (SSSR count). The van der Waals surface area contributed by atoms with E-state index in [1.54, 1.807) is 12.1 Å². The summed E-state index contributed by atoms with van der Waals surface area (Å²) in [6.45, 7) is 2.62. The van der Waals surface area contributed by atoms with Gasteiger partial charge in [0.05, 0.1) is 5.71 Å². The third-order valence-corrected chi connectivity index (χ3v) is 4.30. The number of hydrogen-bond donors (Lipinski definition) is 1. The molecule has 1 amide bonds. The summed E-state index contributed by atoms with van der Waals surface area (Å²) in [4.78, 5) is 17.5. The van der Waals surface area contributed by atoms with Gasteiger partial charge in [-0.05, 0) is 29.2 Å².